The molecule has 1 heterocycles. The predicted octanol–water partition coefficient (Wildman–Crippen LogP) is 4.16. The summed E-state index contributed by atoms with van der Waals surface area (Å²) in [4.78, 5) is 14.3. The standard InChI is InChI=1S/C15H19BrFNO/c1-10-8-11(12(16)9-13(10)17)14(19)18-6-4-15(2,3)5-7-18/h8-9H,4-7H2,1-3H3. The van der Waals surface area contributed by atoms with E-state index in [1.807, 2.05) is 4.90 Å². The summed E-state index contributed by atoms with van der Waals surface area (Å²) in [5.41, 5.74) is 1.37. The van der Waals surface area contributed by atoms with Gasteiger partial charge in [0.15, 0.2) is 0 Å². The largest absolute Gasteiger partial charge is 0.339 e. The molecular formula is C15H19BrFNO. The number of piperidine rings is 1. The molecule has 19 heavy (non-hydrogen) atoms. The third kappa shape index (κ3) is 3.16. The van der Waals surface area contributed by atoms with Gasteiger partial charge in [0.25, 0.3) is 5.91 Å². The van der Waals surface area contributed by atoms with Crippen molar-refractivity contribution in [3.8, 4) is 0 Å². The van der Waals surface area contributed by atoms with Crippen molar-refractivity contribution in [2.24, 2.45) is 5.41 Å². The van der Waals surface area contributed by atoms with Crippen molar-refractivity contribution >= 4 is 21.8 Å². The molecule has 0 bridgehead atoms. The van der Waals surface area contributed by atoms with Gasteiger partial charge in [-0.05, 0) is 58.8 Å². The second kappa shape index (κ2) is 5.23. The Bertz CT molecular complexity index is 503. The molecule has 2 rings (SSSR count). The summed E-state index contributed by atoms with van der Waals surface area (Å²) in [6, 6.07) is 3.00. The zero-order valence-electron chi connectivity index (χ0n) is 11.6. The lowest BCUT2D eigenvalue weighted by molar-refractivity contribution is 0.0629. The number of hydrogen-bond donors (Lipinski definition) is 0. The van der Waals surface area contributed by atoms with E-state index in [1.54, 1.807) is 13.0 Å². The van der Waals surface area contributed by atoms with Gasteiger partial charge < -0.3 is 4.90 Å². The molecule has 1 aliphatic rings. The van der Waals surface area contributed by atoms with E-state index in [2.05, 4.69) is 29.8 Å². The summed E-state index contributed by atoms with van der Waals surface area (Å²) in [7, 11) is 0. The minimum absolute atomic E-state index is 0.00882. The molecular weight excluding hydrogens is 309 g/mol. The normalized spacial score (nSPS) is 18.5. The van der Waals surface area contributed by atoms with E-state index in [9.17, 15) is 9.18 Å². The van der Waals surface area contributed by atoms with Gasteiger partial charge in [-0.2, -0.15) is 0 Å². The van der Waals surface area contributed by atoms with Crippen molar-refractivity contribution in [1.29, 1.82) is 0 Å². The minimum Gasteiger partial charge on any atom is -0.339 e. The Hall–Kier alpha value is -0.900. The summed E-state index contributed by atoms with van der Waals surface area (Å²) in [6.45, 7) is 7.68. The molecule has 1 saturated heterocycles. The number of hydrogen-bond acceptors (Lipinski definition) is 1. The maximum Gasteiger partial charge on any atom is 0.255 e. The Morgan fingerprint density at radius 1 is 1.32 bits per heavy atom. The van der Waals surface area contributed by atoms with E-state index in [-0.39, 0.29) is 11.7 Å². The van der Waals surface area contributed by atoms with E-state index in [1.165, 1.54) is 6.07 Å². The summed E-state index contributed by atoms with van der Waals surface area (Å²) >= 11 is 3.28. The van der Waals surface area contributed by atoms with Gasteiger partial charge in [-0.25, -0.2) is 4.39 Å². The molecule has 1 aliphatic heterocycles. The molecule has 2 nitrogen and oxygen atoms in total. The topological polar surface area (TPSA) is 20.3 Å². The molecule has 1 amide bonds. The van der Waals surface area contributed by atoms with Crippen LogP contribution in [0.1, 0.15) is 42.6 Å². The van der Waals surface area contributed by atoms with Gasteiger partial charge in [0, 0.05) is 17.6 Å². The summed E-state index contributed by atoms with van der Waals surface area (Å²) in [6.07, 6.45) is 2.02. The highest BCUT2D eigenvalue weighted by molar-refractivity contribution is 9.10. The van der Waals surface area contributed by atoms with Crippen LogP contribution >= 0.6 is 15.9 Å². The molecule has 1 aromatic rings. The molecule has 1 aromatic carbocycles. The monoisotopic (exact) mass is 327 g/mol. The fraction of sp³-hybridized carbons (Fsp3) is 0.533. The molecule has 0 aromatic heterocycles. The first-order chi connectivity index (χ1) is 8.80. The number of amides is 1. The highest BCUT2D eigenvalue weighted by Crippen LogP contribution is 2.31. The smallest absolute Gasteiger partial charge is 0.255 e. The molecule has 0 atom stereocenters. The second-order valence-corrected chi connectivity index (χ2v) is 6.89. The van der Waals surface area contributed by atoms with Gasteiger partial charge in [0.1, 0.15) is 5.82 Å². The lowest BCUT2D eigenvalue weighted by Gasteiger charge is -2.37. The number of benzene rings is 1. The maximum absolute atomic E-state index is 13.4. The minimum atomic E-state index is -0.289. The number of nitrogens with zero attached hydrogens (tertiary/aromatic N) is 1. The van der Waals surface area contributed by atoms with Crippen LogP contribution in [0.3, 0.4) is 0 Å². The predicted molar refractivity (Wildman–Crippen MR) is 77.8 cm³/mol. The summed E-state index contributed by atoms with van der Waals surface area (Å²) in [5.74, 6) is -0.298. The van der Waals surface area contributed by atoms with E-state index in [0.29, 0.717) is 21.0 Å². The van der Waals surface area contributed by atoms with Crippen LogP contribution in [0.2, 0.25) is 0 Å². The van der Waals surface area contributed by atoms with Crippen molar-refractivity contribution in [3.63, 3.8) is 0 Å². The first-order valence-electron chi connectivity index (χ1n) is 6.55. The van der Waals surface area contributed by atoms with Crippen LogP contribution in [0.4, 0.5) is 4.39 Å². The van der Waals surface area contributed by atoms with E-state index in [4.69, 9.17) is 0 Å². The molecule has 0 radical (unpaired) electrons. The number of likely N-dealkylation sites (tertiary alicyclic amines) is 1. The molecule has 0 aliphatic carbocycles. The van der Waals surface area contributed by atoms with Gasteiger partial charge >= 0.3 is 0 Å². The van der Waals surface area contributed by atoms with Gasteiger partial charge in [-0.15, -0.1) is 0 Å². The van der Waals surface area contributed by atoms with Crippen LogP contribution < -0.4 is 0 Å². The SMILES string of the molecule is Cc1cc(C(=O)N2CCC(C)(C)CC2)c(Br)cc1F. The van der Waals surface area contributed by atoms with Crippen LogP contribution in [0, 0.1) is 18.2 Å². The van der Waals surface area contributed by atoms with Crippen LogP contribution in [0.25, 0.3) is 0 Å². The molecule has 0 N–H and O–H groups in total. The van der Waals surface area contributed by atoms with Crippen molar-refractivity contribution in [3.05, 3.63) is 33.5 Å². The molecule has 104 valence electrons. The maximum atomic E-state index is 13.4. The Balaban J connectivity index is 2.19. The molecule has 0 spiro atoms. The Kier molecular flexibility index (Phi) is 4.00. The second-order valence-electron chi connectivity index (χ2n) is 6.04. The third-order valence-corrected chi connectivity index (χ3v) is 4.54. The van der Waals surface area contributed by atoms with E-state index >= 15 is 0 Å². The third-order valence-electron chi connectivity index (χ3n) is 3.88. The van der Waals surface area contributed by atoms with Crippen molar-refractivity contribution in [2.45, 2.75) is 33.6 Å². The Labute approximate surface area is 122 Å². The van der Waals surface area contributed by atoms with Crippen LogP contribution in [0.15, 0.2) is 16.6 Å². The van der Waals surface area contributed by atoms with Crippen molar-refractivity contribution < 1.29 is 9.18 Å². The zero-order chi connectivity index (χ0) is 14.2. The average Bonchev–Trinajstić information content (AvgIpc) is 2.33. The van der Waals surface area contributed by atoms with Crippen molar-refractivity contribution in [1.82, 2.24) is 4.90 Å². The number of rotatable bonds is 1. The lowest BCUT2D eigenvalue weighted by atomic mass is 9.82. The molecule has 0 saturated carbocycles. The Morgan fingerprint density at radius 2 is 1.89 bits per heavy atom. The summed E-state index contributed by atoms with van der Waals surface area (Å²) < 4.78 is 13.9. The first kappa shape index (κ1) is 14.5. The number of carbonyl (C=O) groups excluding carboxylic acids is 1. The molecule has 0 unspecified atom stereocenters. The lowest BCUT2D eigenvalue weighted by Crippen LogP contribution is -2.41. The number of halogens is 2. The van der Waals surface area contributed by atoms with E-state index < -0.39 is 0 Å². The fourth-order valence-corrected chi connectivity index (χ4v) is 2.79. The number of aryl methyl sites for hydroxylation is 1. The highest BCUT2D eigenvalue weighted by atomic mass is 79.9. The van der Waals surface area contributed by atoms with Crippen LogP contribution in [-0.2, 0) is 0 Å². The molecule has 4 heteroatoms. The van der Waals surface area contributed by atoms with Gasteiger partial charge in [0.05, 0.1) is 5.56 Å². The first-order valence-corrected chi connectivity index (χ1v) is 7.34. The Morgan fingerprint density at radius 3 is 2.47 bits per heavy atom. The van der Waals surface area contributed by atoms with E-state index in [0.717, 1.165) is 25.9 Å². The summed E-state index contributed by atoms with van der Waals surface area (Å²) in [5, 5.41) is 0. The van der Waals surface area contributed by atoms with Gasteiger partial charge in [-0.3, -0.25) is 4.79 Å². The fourth-order valence-electron chi connectivity index (χ4n) is 2.31. The zero-order valence-corrected chi connectivity index (χ0v) is 13.2. The van der Waals surface area contributed by atoms with Gasteiger partial charge in [0.2, 0.25) is 0 Å². The van der Waals surface area contributed by atoms with Crippen LogP contribution in [-0.4, -0.2) is 23.9 Å². The van der Waals surface area contributed by atoms with Crippen LogP contribution in [0.5, 0.6) is 0 Å². The number of carbonyl (C=O) groups is 1. The van der Waals surface area contributed by atoms with Crippen molar-refractivity contribution in [2.75, 3.05) is 13.1 Å². The quantitative estimate of drug-likeness (QED) is 0.758. The average molecular weight is 328 g/mol. The molecule has 1 fully saturated rings. The van der Waals surface area contributed by atoms with Gasteiger partial charge in [-0.1, -0.05) is 13.8 Å². The highest BCUT2D eigenvalue weighted by Gasteiger charge is 2.29.